The molecule has 0 spiro atoms. The van der Waals surface area contributed by atoms with Crippen LogP contribution in [0, 0.1) is 12.8 Å². The first-order valence-electron chi connectivity index (χ1n) is 8.13. The summed E-state index contributed by atoms with van der Waals surface area (Å²) in [4.78, 5) is 28.9. The first kappa shape index (κ1) is 16.0. The Labute approximate surface area is 136 Å². The van der Waals surface area contributed by atoms with Gasteiger partial charge in [-0.3, -0.25) is 14.5 Å². The van der Waals surface area contributed by atoms with Gasteiger partial charge in [-0.05, 0) is 33.1 Å². The minimum absolute atomic E-state index is 0.0293. The number of carbonyl (C=O) groups excluding carboxylic acids is 2. The summed E-state index contributed by atoms with van der Waals surface area (Å²) >= 11 is 0. The van der Waals surface area contributed by atoms with Crippen LogP contribution in [0.4, 0.5) is 0 Å². The quantitative estimate of drug-likeness (QED) is 0.885. The second kappa shape index (κ2) is 5.96. The highest BCUT2D eigenvalue weighted by atomic mass is 16.5. The van der Waals surface area contributed by atoms with Crippen molar-refractivity contribution in [2.75, 3.05) is 20.1 Å². The van der Waals surface area contributed by atoms with Gasteiger partial charge in [0, 0.05) is 32.2 Å². The van der Waals surface area contributed by atoms with E-state index in [2.05, 4.69) is 29.2 Å². The van der Waals surface area contributed by atoms with E-state index >= 15 is 0 Å². The van der Waals surface area contributed by atoms with E-state index < -0.39 is 0 Å². The van der Waals surface area contributed by atoms with Gasteiger partial charge < -0.3 is 14.7 Å². The topological polar surface area (TPSA) is 78.7 Å². The van der Waals surface area contributed by atoms with E-state index in [0.29, 0.717) is 30.3 Å². The van der Waals surface area contributed by atoms with E-state index in [4.69, 9.17) is 4.52 Å². The molecule has 2 saturated heterocycles. The van der Waals surface area contributed by atoms with Crippen LogP contribution in [0.2, 0.25) is 0 Å². The third-order valence-corrected chi connectivity index (χ3v) is 5.09. The fourth-order valence-corrected chi connectivity index (χ4v) is 4.06. The molecule has 1 aromatic rings. The highest BCUT2D eigenvalue weighted by Crippen LogP contribution is 2.37. The van der Waals surface area contributed by atoms with E-state index in [9.17, 15) is 9.59 Å². The number of likely N-dealkylation sites (tertiary alicyclic amines) is 2. The van der Waals surface area contributed by atoms with Crippen LogP contribution in [0.5, 0.6) is 0 Å². The van der Waals surface area contributed by atoms with Crippen LogP contribution in [-0.2, 0) is 4.79 Å². The van der Waals surface area contributed by atoms with Gasteiger partial charge >= 0.3 is 0 Å². The maximum absolute atomic E-state index is 12.6. The molecule has 0 saturated carbocycles. The van der Waals surface area contributed by atoms with Gasteiger partial charge in [0.1, 0.15) is 11.3 Å². The van der Waals surface area contributed by atoms with Crippen molar-refractivity contribution in [3.8, 4) is 0 Å². The van der Waals surface area contributed by atoms with Gasteiger partial charge in [0.05, 0.1) is 12.2 Å². The van der Waals surface area contributed by atoms with Crippen molar-refractivity contribution >= 4 is 11.8 Å². The van der Waals surface area contributed by atoms with Crippen molar-refractivity contribution in [2.24, 2.45) is 5.92 Å². The number of aryl methyl sites for hydroxylation is 1. The minimum Gasteiger partial charge on any atom is -0.361 e. The average Bonchev–Trinajstić information content (AvgIpc) is 3.18. The molecule has 0 bridgehead atoms. The second-order valence-electron chi connectivity index (χ2n) is 6.74. The highest BCUT2D eigenvalue weighted by molar-refractivity contribution is 5.95. The Morgan fingerprint density at radius 3 is 2.70 bits per heavy atom. The molecule has 7 nitrogen and oxygen atoms in total. The van der Waals surface area contributed by atoms with E-state index in [0.717, 1.165) is 6.42 Å². The molecule has 2 amide bonds. The zero-order chi connectivity index (χ0) is 16.7. The number of likely N-dealkylation sites (N-methyl/N-ethyl adjacent to an activating group) is 1. The molecule has 0 aliphatic carbocycles. The molecule has 23 heavy (non-hydrogen) atoms. The number of aromatic nitrogens is 1. The number of nitrogens with one attached hydrogen (secondary N) is 1. The molecule has 1 N–H and O–H groups in total. The molecule has 2 unspecified atom stereocenters. The van der Waals surface area contributed by atoms with Crippen molar-refractivity contribution in [2.45, 2.75) is 45.3 Å². The minimum atomic E-state index is -0.0930. The Hall–Kier alpha value is -1.89. The molecule has 0 aromatic carbocycles. The van der Waals surface area contributed by atoms with Gasteiger partial charge in [0.2, 0.25) is 5.91 Å². The maximum Gasteiger partial charge on any atom is 0.259 e. The molecule has 1 aromatic heterocycles. The SMILES string of the molecule is CNC(=O)[C@@H]1CC2CN(C(=O)c3cnoc3C)CC2N1C(C)C. The standard InChI is InChI=1S/C16H24N4O3/c1-9(2)20-13(15(21)17-4)5-11-7-19(8-14(11)20)16(22)12-6-18-23-10(12)3/h6,9,11,13-14H,5,7-8H2,1-4H3,(H,17,21)/t11?,13-,14?/m0/s1. The molecule has 2 aliphatic heterocycles. The number of nitrogens with zero attached hydrogens (tertiary/aromatic N) is 3. The predicted octanol–water partition coefficient (Wildman–Crippen LogP) is 0.652. The smallest absolute Gasteiger partial charge is 0.259 e. The van der Waals surface area contributed by atoms with Crippen LogP contribution in [0.15, 0.2) is 10.7 Å². The van der Waals surface area contributed by atoms with Crippen molar-refractivity contribution in [3.05, 3.63) is 17.5 Å². The average molecular weight is 320 g/mol. The lowest BCUT2D eigenvalue weighted by Crippen LogP contribution is -2.50. The van der Waals surface area contributed by atoms with E-state index in [1.54, 1.807) is 14.0 Å². The number of rotatable bonds is 3. The summed E-state index contributed by atoms with van der Waals surface area (Å²) in [5, 5.41) is 6.45. The Kier molecular flexibility index (Phi) is 4.14. The van der Waals surface area contributed by atoms with E-state index in [1.165, 1.54) is 6.20 Å². The number of hydrogen-bond donors (Lipinski definition) is 1. The number of amides is 2. The summed E-state index contributed by atoms with van der Waals surface area (Å²) in [6.45, 7) is 7.30. The van der Waals surface area contributed by atoms with Gasteiger partial charge in [-0.25, -0.2) is 0 Å². The highest BCUT2D eigenvalue weighted by Gasteiger charge is 2.50. The number of carbonyl (C=O) groups is 2. The fourth-order valence-electron chi connectivity index (χ4n) is 4.06. The third-order valence-electron chi connectivity index (χ3n) is 5.09. The lowest BCUT2D eigenvalue weighted by molar-refractivity contribution is -0.126. The van der Waals surface area contributed by atoms with Crippen molar-refractivity contribution < 1.29 is 14.1 Å². The van der Waals surface area contributed by atoms with Crippen molar-refractivity contribution in [1.82, 2.24) is 20.3 Å². The Morgan fingerprint density at radius 1 is 1.39 bits per heavy atom. The van der Waals surface area contributed by atoms with Crippen LogP contribution >= 0.6 is 0 Å². The van der Waals surface area contributed by atoms with E-state index in [-0.39, 0.29) is 29.9 Å². The summed E-state index contributed by atoms with van der Waals surface area (Å²) in [5.41, 5.74) is 0.531. The van der Waals surface area contributed by atoms with Crippen LogP contribution in [0.25, 0.3) is 0 Å². The molecule has 2 aliphatic rings. The molecular weight excluding hydrogens is 296 g/mol. The first-order valence-corrected chi connectivity index (χ1v) is 8.13. The number of fused-ring (bicyclic) bond motifs is 1. The van der Waals surface area contributed by atoms with E-state index in [1.807, 2.05) is 4.90 Å². The monoisotopic (exact) mass is 320 g/mol. The van der Waals surface area contributed by atoms with Gasteiger partial charge in [-0.2, -0.15) is 0 Å². The molecule has 7 heteroatoms. The molecule has 3 atom stereocenters. The molecule has 0 radical (unpaired) electrons. The van der Waals surface area contributed by atoms with Gasteiger partial charge in [0.15, 0.2) is 0 Å². The Bertz CT molecular complexity index is 612. The summed E-state index contributed by atoms with van der Waals surface area (Å²) in [6, 6.07) is 0.408. The van der Waals surface area contributed by atoms with Crippen molar-refractivity contribution in [3.63, 3.8) is 0 Å². The first-order chi connectivity index (χ1) is 10.9. The van der Waals surface area contributed by atoms with Crippen LogP contribution in [0.3, 0.4) is 0 Å². The number of hydrogen-bond acceptors (Lipinski definition) is 5. The Morgan fingerprint density at radius 2 is 2.13 bits per heavy atom. The largest absolute Gasteiger partial charge is 0.361 e. The lowest BCUT2D eigenvalue weighted by atomic mass is 10.0. The zero-order valence-electron chi connectivity index (χ0n) is 14.1. The molecular formula is C16H24N4O3. The normalized spacial score (nSPS) is 27.5. The molecule has 126 valence electrons. The molecule has 3 heterocycles. The van der Waals surface area contributed by atoms with Crippen molar-refractivity contribution in [1.29, 1.82) is 0 Å². The Balaban J connectivity index is 1.76. The van der Waals surface area contributed by atoms with Gasteiger partial charge in [0.25, 0.3) is 5.91 Å². The fraction of sp³-hybridized carbons (Fsp3) is 0.688. The van der Waals surface area contributed by atoms with Crippen LogP contribution < -0.4 is 5.32 Å². The third kappa shape index (κ3) is 2.63. The summed E-state index contributed by atoms with van der Waals surface area (Å²) < 4.78 is 5.00. The maximum atomic E-state index is 12.6. The predicted molar refractivity (Wildman–Crippen MR) is 83.9 cm³/mol. The van der Waals surface area contributed by atoms with Gasteiger partial charge in [-0.1, -0.05) is 5.16 Å². The lowest BCUT2D eigenvalue weighted by Gasteiger charge is -2.33. The van der Waals surface area contributed by atoms with Crippen LogP contribution in [0.1, 0.15) is 36.4 Å². The summed E-state index contributed by atoms with van der Waals surface area (Å²) in [5.74, 6) is 0.930. The summed E-state index contributed by atoms with van der Waals surface area (Å²) in [6.07, 6.45) is 2.29. The second-order valence-corrected chi connectivity index (χ2v) is 6.74. The zero-order valence-corrected chi connectivity index (χ0v) is 14.1. The van der Waals surface area contributed by atoms with Crippen LogP contribution in [-0.4, -0.2) is 65.0 Å². The van der Waals surface area contributed by atoms with Gasteiger partial charge in [-0.15, -0.1) is 0 Å². The molecule has 2 fully saturated rings. The summed E-state index contributed by atoms with van der Waals surface area (Å²) in [7, 11) is 1.68. The molecule has 3 rings (SSSR count).